The number of alkyl carbamates (subject to hydrolysis) is 1. The second-order valence-electron chi connectivity index (χ2n) is 12.1. The average Bonchev–Trinajstić information content (AvgIpc) is 3.02. The van der Waals surface area contributed by atoms with Crippen LogP contribution in [0.2, 0.25) is 0 Å². The Morgan fingerprint density at radius 3 is 2.13 bits per heavy atom. The van der Waals surface area contributed by atoms with Gasteiger partial charge in [-0.2, -0.15) is 0 Å². The van der Waals surface area contributed by atoms with Crippen LogP contribution < -0.4 is 15.7 Å². The van der Waals surface area contributed by atoms with Crippen molar-refractivity contribution in [2.24, 2.45) is 5.92 Å². The molecule has 0 unspecified atom stereocenters. The number of hydrogen-bond donors (Lipinski definition) is 2. The number of carbonyl (C=O) groups is 3. The molecule has 2 amide bonds. The molecular formula is C25H40BN5O7. The van der Waals surface area contributed by atoms with E-state index in [2.05, 4.69) is 15.3 Å². The van der Waals surface area contributed by atoms with Crippen molar-refractivity contribution in [2.45, 2.75) is 91.2 Å². The highest BCUT2D eigenvalue weighted by Gasteiger charge is 2.52. The number of aliphatic carboxylic acids is 1. The number of piperazine rings is 1. The summed E-state index contributed by atoms with van der Waals surface area (Å²) in [6.07, 6.45) is 2.49. The summed E-state index contributed by atoms with van der Waals surface area (Å²) < 4.78 is 17.4. The molecule has 0 bridgehead atoms. The monoisotopic (exact) mass is 533 g/mol. The summed E-state index contributed by atoms with van der Waals surface area (Å²) >= 11 is 0. The normalized spacial score (nSPS) is 21.8. The van der Waals surface area contributed by atoms with Crippen molar-refractivity contribution >= 4 is 36.5 Å². The molecule has 0 aromatic carbocycles. The van der Waals surface area contributed by atoms with Gasteiger partial charge in [0.2, 0.25) is 11.9 Å². The highest BCUT2D eigenvalue weighted by molar-refractivity contribution is 6.61. The van der Waals surface area contributed by atoms with Gasteiger partial charge in [0.05, 0.1) is 17.7 Å². The highest BCUT2D eigenvalue weighted by Crippen LogP contribution is 2.36. The quantitative estimate of drug-likeness (QED) is 0.516. The maximum Gasteiger partial charge on any atom is 0.498 e. The fourth-order valence-electron chi connectivity index (χ4n) is 4.16. The standard InChI is InChI=1S/C25H40BN5O7/c1-15(2)18(29-22(35)36-23(3,4)5)19(32)31-11-10-30(14-17(31)20(33)34)21-27-12-16(13-28-21)26-37-24(6,7)25(8,9)38-26/h12-13,15,17-18H,10-11,14H2,1-9H3,(H,29,35)(H,33,34)/t17-,18-/m0/s1. The van der Waals surface area contributed by atoms with Crippen molar-refractivity contribution in [3.8, 4) is 0 Å². The summed E-state index contributed by atoms with van der Waals surface area (Å²) in [5.41, 5.74) is -1.08. The Kier molecular flexibility index (Phi) is 8.33. The molecule has 210 valence electrons. The minimum atomic E-state index is -1.16. The Balaban J connectivity index is 1.71. The van der Waals surface area contributed by atoms with E-state index >= 15 is 0 Å². The second-order valence-corrected chi connectivity index (χ2v) is 12.1. The molecule has 3 heterocycles. The van der Waals surface area contributed by atoms with Crippen molar-refractivity contribution < 1.29 is 33.5 Å². The van der Waals surface area contributed by atoms with Gasteiger partial charge in [0.1, 0.15) is 17.7 Å². The van der Waals surface area contributed by atoms with E-state index < -0.39 is 54.0 Å². The zero-order valence-electron chi connectivity index (χ0n) is 23.8. The van der Waals surface area contributed by atoms with E-state index in [4.69, 9.17) is 14.0 Å². The third-order valence-corrected chi connectivity index (χ3v) is 7.02. The molecule has 2 saturated heterocycles. The predicted molar refractivity (Wildman–Crippen MR) is 141 cm³/mol. The van der Waals surface area contributed by atoms with E-state index in [9.17, 15) is 19.5 Å². The molecule has 2 aliphatic heterocycles. The molecule has 0 aliphatic carbocycles. The third-order valence-electron chi connectivity index (χ3n) is 7.02. The third kappa shape index (κ3) is 6.55. The molecule has 0 saturated carbocycles. The molecule has 38 heavy (non-hydrogen) atoms. The molecule has 0 spiro atoms. The highest BCUT2D eigenvalue weighted by atomic mass is 16.7. The summed E-state index contributed by atoms with van der Waals surface area (Å²) in [5, 5.41) is 12.6. The van der Waals surface area contributed by atoms with Crippen molar-refractivity contribution in [3.05, 3.63) is 12.4 Å². The molecule has 2 fully saturated rings. The van der Waals surface area contributed by atoms with Crippen LogP contribution in [0.4, 0.5) is 10.7 Å². The number of ether oxygens (including phenoxy) is 1. The van der Waals surface area contributed by atoms with Crippen molar-refractivity contribution in [1.29, 1.82) is 0 Å². The minimum absolute atomic E-state index is 0.00579. The molecule has 1 aromatic heterocycles. The number of aromatic nitrogens is 2. The van der Waals surface area contributed by atoms with Crippen LogP contribution in [0, 0.1) is 5.92 Å². The summed E-state index contributed by atoms with van der Waals surface area (Å²) in [6, 6.07) is -2.09. The first-order valence-corrected chi connectivity index (χ1v) is 12.9. The van der Waals surface area contributed by atoms with Gasteiger partial charge in [0.25, 0.3) is 0 Å². The lowest BCUT2D eigenvalue weighted by molar-refractivity contribution is -0.152. The maximum atomic E-state index is 13.4. The van der Waals surface area contributed by atoms with Crippen LogP contribution in [0.3, 0.4) is 0 Å². The summed E-state index contributed by atoms with van der Waals surface area (Å²) in [4.78, 5) is 49.8. The van der Waals surface area contributed by atoms with Gasteiger partial charge in [0, 0.05) is 30.9 Å². The van der Waals surface area contributed by atoms with Crippen LogP contribution in [-0.4, -0.2) is 93.6 Å². The number of nitrogens with one attached hydrogen (secondary N) is 1. The second kappa shape index (κ2) is 10.7. The van der Waals surface area contributed by atoms with Gasteiger partial charge in [-0.25, -0.2) is 19.6 Å². The van der Waals surface area contributed by atoms with Crippen LogP contribution in [0.15, 0.2) is 12.4 Å². The van der Waals surface area contributed by atoms with Crippen LogP contribution in [0.25, 0.3) is 0 Å². The smallest absolute Gasteiger partial charge is 0.480 e. The van der Waals surface area contributed by atoms with Crippen molar-refractivity contribution in [1.82, 2.24) is 20.2 Å². The van der Waals surface area contributed by atoms with E-state index in [1.165, 1.54) is 4.90 Å². The zero-order valence-corrected chi connectivity index (χ0v) is 23.8. The SMILES string of the molecule is CC(C)[C@H](NC(=O)OC(C)(C)C)C(=O)N1CCN(c2ncc(B3OC(C)(C)C(C)(C)O3)cn2)C[C@H]1C(=O)O. The average molecular weight is 533 g/mol. The van der Waals surface area contributed by atoms with Gasteiger partial charge < -0.3 is 34.3 Å². The predicted octanol–water partition coefficient (Wildman–Crippen LogP) is 1.43. The lowest BCUT2D eigenvalue weighted by atomic mass is 9.81. The maximum absolute atomic E-state index is 13.4. The topological polar surface area (TPSA) is 143 Å². The van der Waals surface area contributed by atoms with Crippen molar-refractivity contribution in [2.75, 3.05) is 24.5 Å². The Morgan fingerprint density at radius 1 is 1.11 bits per heavy atom. The molecular weight excluding hydrogens is 493 g/mol. The number of carboxylic acids is 1. The number of nitrogens with zero attached hydrogens (tertiary/aromatic N) is 4. The Labute approximate surface area is 224 Å². The Bertz CT molecular complexity index is 1030. The number of rotatable bonds is 6. The van der Waals surface area contributed by atoms with Gasteiger partial charge in [-0.3, -0.25) is 4.79 Å². The molecule has 2 N–H and O–H groups in total. The van der Waals surface area contributed by atoms with Crippen LogP contribution in [-0.2, 0) is 23.6 Å². The molecule has 2 atom stereocenters. The Hall–Kier alpha value is -2.93. The Morgan fingerprint density at radius 2 is 1.66 bits per heavy atom. The molecule has 3 rings (SSSR count). The van der Waals surface area contributed by atoms with Gasteiger partial charge in [-0.05, 0) is 54.4 Å². The zero-order chi connectivity index (χ0) is 28.6. The van der Waals surface area contributed by atoms with Gasteiger partial charge >= 0.3 is 19.2 Å². The van der Waals surface area contributed by atoms with E-state index in [1.807, 2.05) is 27.7 Å². The minimum Gasteiger partial charge on any atom is -0.480 e. The number of carboxylic acid groups (broad SMARTS) is 1. The van der Waals surface area contributed by atoms with Crippen molar-refractivity contribution in [3.63, 3.8) is 0 Å². The van der Waals surface area contributed by atoms with Crippen LogP contribution >= 0.6 is 0 Å². The molecule has 0 radical (unpaired) electrons. The van der Waals surface area contributed by atoms with Gasteiger partial charge in [-0.15, -0.1) is 0 Å². The number of amides is 2. The van der Waals surface area contributed by atoms with E-state index in [1.54, 1.807) is 51.9 Å². The summed E-state index contributed by atoms with van der Waals surface area (Å²) in [7, 11) is -0.610. The first kappa shape index (κ1) is 29.6. The number of hydrogen-bond acceptors (Lipinski definition) is 9. The molecule has 2 aliphatic rings. The number of carbonyl (C=O) groups excluding carboxylic acids is 2. The lowest BCUT2D eigenvalue weighted by Crippen LogP contribution is -2.63. The van der Waals surface area contributed by atoms with Gasteiger partial charge in [0.15, 0.2) is 0 Å². The first-order valence-electron chi connectivity index (χ1n) is 12.9. The largest absolute Gasteiger partial charge is 0.498 e. The molecule has 1 aromatic rings. The summed E-state index contributed by atoms with van der Waals surface area (Å²) in [5.74, 6) is -1.57. The molecule has 12 nitrogen and oxygen atoms in total. The van der Waals surface area contributed by atoms with Gasteiger partial charge in [-0.1, -0.05) is 13.8 Å². The fourth-order valence-corrected chi connectivity index (χ4v) is 4.16. The lowest BCUT2D eigenvalue weighted by Gasteiger charge is -2.41. The summed E-state index contributed by atoms with van der Waals surface area (Å²) in [6.45, 7) is 17.0. The first-order chi connectivity index (χ1) is 17.4. The fraction of sp³-hybridized carbons (Fsp3) is 0.720. The van der Waals surface area contributed by atoms with Crippen LogP contribution in [0.1, 0.15) is 62.3 Å². The van der Waals surface area contributed by atoms with E-state index in [-0.39, 0.29) is 19.0 Å². The van der Waals surface area contributed by atoms with E-state index in [0.717, 1.165) is 0 Å². The van der Waals surface area contributed by atoms with Crippen LogP contribution in [0.5, 0.6) is 0 Å². The number of anilines is 1. The van der Waals surface area contributed by atoms with E-state index in [0.29, 0.717) is 18.0 Å². The molecule has 13 heteroatoms.